The van der Waals surface area contributed by atoms with Gasteiger partial charge in [-0.3, -0.25) is 13.9 Å². The van der Waals surface area contributed by atoms with E-state index in [4.69, 9.17) is 20.3 Å². The van der Waals surface area contributed by atoms with E-state index in [9.17, 15) is 4.79 Å². The largest absolute Gasteiger partial charge is 0.391 e. The van der Waals surface area contributed by atoms with Crippen LogP contribution in [-0.2, 0) is 16.5 Å². The highest BCUT2D eigenvalue weighted by Crippen LogP contribution is 2.23. The zero-order chi connectivity index (χ0) is 13.6. The van der Waals surface area contributed by atoms with Crippen LogP contribution < -0.4 is 11.3 Å². The molecule has 0 aliphatic carbocycles. The Labute approximate surface area is 107 Å². The number of fused-ring (bicyclic) bond motifs is 1. The van der Waals surface area contributed by atoms with Crippen molar-refractivity contribution in [2.24, 2.45) is 7.05 Å². The SMILES string of the molecule is Cn1c(N)nc2c(ncn2[C@H]2CO[C@@H](CO)O2)c1=O. The van der Waals surface area contributed by atoms with Crippen LogP contribution in [0.5, 0.6) is 0 Å². The van der Waals surface area contributed by atoms with E-state index in [0.717, 1.165) is 0 Å². The van der Waals surface area contributed by atoms with E-state index in [-0.39, 0.29) is 30.2 Å². The minimum atomic E-state index is -0.675. The van der Waals surface area contributed by atoms with Crippen LogP contribution in [-0.4, -0.2) is 43.7 Å². The molecule has 0 saturated carbocycles. The molecule has 1 aliphatic rings. The van der Waals surface area contributed by atoms with E-state index in [1.807, 2.05) is 0 Å². The third-order valence-corrected chi connectivity index (χ3v) is 3.03. The average Bonchev–Trinajstić information content (AvgIpc) is 3.01. The smallest absolute Gasteiger partial charge is 0.282 e. The Hall–Kier alpha value is -1.97. The maximum absolute atomic E-state index is 12.0. The maximum atomic E-state index is 12.0. The van der Waals surface area contributed by atoms with Crippen molar-refractivity contribution in [3.63, 3.8) is 0 Å². The molecule has 3 N–H and O–H groups in total. The van der Waals surface area contributed by atoms with Gasteiger partial charge in [0.1, 0.15) is 0 Å². The summed E-state index contributed by atoms with van der Waals surface area (Å²) in [7, 11) is 1.53. The second-order valence-corrected chi connectivity index (χ2v) is 4.19. The highest BCUT2D eigenvalue weighted by molar-refractivity contribution is 5.70. The minimum Gasteiger partial charge on any atom is -0.391 e. The van der Waals surface area contributed by atoms with Crippen LogP contribution in [0.15, 0.2) is 11.1 Å². The lowest BCUT2D eigenvalue weighted by atomic mass is 10.5. The molecule has 9 heteroatoms. The second kappa shape index (κ2) is 4.30. The van der Waals surface area contributed by atoms with Gasteiger partial charge in [-0.15, -0.1) is 0 Å². The fraction of sp³-hybridized carbons (Fsp3) is 0.500. The highest BCUT2D eigenvalue weighted by atomic mass is 16.7. The molecule has 0 radical (unpaired) electrons. The van der Waals surface area contributed by atoms with E-state index >= 15 is 0 Å². The van der Waals surface area contributed by atoms with Gasteiger partial charge in [-0.05, 0) is 0 Å². The molecule has 19 heavy (non-hydrogen) atoms. The summed E-state index contributed by atoms with van der Waals surface area (Å²) in [5.41, 5.74) is 5.90. The Morgan fingerprint density at radius 3 is 3.11 bits per heavy atom. The number of aliphatic hydroxyl groups excluding tert-OH is 1. The van der Waals surface area contributed by atoms with Crippen molar-refractivity contribution < 1.29 is 14.6 Å². The summed E-state index contributed by atoms with van der Waals surface area (Å²) in [6.45, 7) is 0.00788. The number of aromatic nitrogens is 4. The monoisotopic (exact) mass is 267 g/mol. The minimum absolute atomic E-state index is 0.0943. The van der Waals surface area contributed by atoms with E-state index in [1.54, 1.807) is 4.57 Å². The van der Waals surface area contributed by atoms with Crippen LogP contribution >= 0.6 is 0 Å². The Balaban J connectivity index is 2.09. The van der Waals surface area contributed by atoms with Gasteiger partial charge in [0, 0.05) is 7.05 Å². The van der Waals surface area contributed by atoms with Crippen molar-refractivity contribution in [3.05, 3.63) is 16.7 Å². The van der Waals surface area contributed by atoms with Crippen molar-refractivity contribution in [1.82, 2.24) is 19.1 Å². The first kappa shape index (κ1) is 12.1. The van der Waals surface area contributed by atoms with Crippen LogP contribution in [0.3, 0.4) is 0 Å². The van der Waals surface area contributed by atoms with Crippen LogP contribution in [0.4, 0.5) is 5.95 Å². The molecule has 0 bridgehead atoms. The van der Waals surface area contributed by atoms with Crippen LogP contribution in [0.2, 0.25) is 0 Å². The van der Waals surface area contributed by atoms with Crippen molar-refractivity contribution in [1.29, 1.82) is 0 Å². The number of nitrogens with zero attached hydrogens (tertiary/aromatic N) is 4. The zero-order valence-electron chi connectivity index (χ0n) is 10.2. The molecule has 2 aromatic heterocycles. The summed E-state index contributed by atoms with van der Waals surface area (Å²) >= 11 is 0. The Kier molecular flexibility index (Phi) is 2.73. The first-order valence-corrected chi connectivity index (χ1v) is 5.68. The molecule has 3 rings (SSSR count). The molecule has 1 fully saturated rings. The van der Waals surface area contributed by atoms with Crippen molar-refractivity contribution >= 4 is 17.1 Å². The standard InChI is InChI=1S/C10H13N5O4/c1-14-9(17)7-8(13-10(14)11)15(4-12-7)5-3-18-6(2-16)19-5/h4-6,16H,2-3H2,1H3,(H2,11,13)/t5-,6-/m1/s1. The van der Waals surface area contributed by atoms with E-state index in [2.05, 4.69) is 9.97 Å². The lowest BCUT2D eigenvalue weighted by Gasteiger charge is -2.11. The van der Waals surface area contributed by atoms with Gasteiger partial charge in [0.05, 0.1) is 19.5 Å². The normalized spacial score (nSPS) is 23.3. The Morgan fingerprint density at radius 1 is 1.63 bits per heavy atom. The molecule has 1 aliphatic heterocycles. The van der Waals surface area contributed by atoms with Crippen LogP contribution in [0.1, 0.15) is 6.23 Å². The molecule has 2 atom stereocenters. The van der Waals surface area contributed by atoms with Crippen molar-refractivity contribution in [3.8, 4) is 0 Å². The predicted octanol–water partition coefficient (Wildman–Crippen LogP) is -1.42. The van der Waals surface area contributed by atoms with Gasteiger partial charge < -0.3 is 20.3 Å². The van der Waals surface area contributed by atoms with Gasteiger partial charge in [-0.1, -0.05) is 0 Å². The molecule has 102 valence electrons. The fourth-order valence-electron chi connectivity index (χ4n) is 1.96. The van der Waals surface area contributed by atoms with Gasteiger partial charge in [-0.2, -0.15) is 4.98 Å². The second-order valence-electron chi connectivity index (χ2n) is 4.19. The van der Waals surface area contributed by atoms with Gasteiger partial charge in [0.2, 0.25) is 5.95 Å². The molecule has 3 heterocycles. The van der Waals surface area contributed by atoms with Gasteiger partial charge in [0.25, 0.3) is 5.56 Å². The topological polar surface area (TPSA) is 117 Å². The number of nitrogen functional groups attached to an aromatic ring is 1. The molecular weight excluding hydrogens is 254 g/mol. The van der Waals surface area contributed by atoms with Crippen LogP contribution in [0.25, 0.3) is 11.2 Å². The molecule has 0 spiro atoms. The van der Waals surface area contributed by atoms with Crippen LogP contribution in [0, 0.1) is 0 Å². The van der Waals surface area contributed by atoms with Crippen molar-refractivity contribution in [2.45, 2.75) is 12.5 Å². The number of nitrogens with two attached hydrogens (primary N) is 1. The predicted molar refractivity (Wildman–Crippen MR) is 64.1 cm³/mol. The molecule has 0 amide bonds. The van der Waals surface area contributed by atoms with Gasteiger partial charge in [-0.25, -0.2) is 4.98 Å². The van der Waals surface area contributed by atoms with Gasteiger partial charge in [0.15, 0.2) is 23.7 Å². The first-order valence-electron chi connectivity index (χ1n) is 5.68. The van der Waals surface area contributed by atoms with E-state index < -0.39 is 12.5 Å². The zero-order valence-corrected chi connectivity index (χ0v) is 10.2. The summed E-state index contributed by atoms with van der Waals surface area (Å²) in [4.78, 5) is 20.1. The third-order valence-electron chi connectivity index (χ3n) is 3.03. The lowest BCUT2D eigenvalue weighted by molar-refractivity contribution is -0.0980. The highest BCUT2D eigenvalue weighted by Gasteiger charge is 2.28. The fourth-order valence-corrected chi connectivity index (χ4v) is 1.96. The molecule has 2 aromatic rings. The molecule has 0 aromatic carbocycles. The summed E-state index contributed by atoms with van der Waals surface area (Å²) in [5, 5.41) is 8.96. The number of aliphatic hydroxyl groups is 1. The number of hydrogen-bond donors (Lipinski definition) is 2. The van der Waals surface area contributed by atoms with Crippen molar-refractivity contribution in [2.75, 3.05) is 18.9 Å². The number of anilines is 1. The molecule has 0 unspecified atom stereocenters. The quantitative estimate of drug-likeness (QED) is 0.685. The Bertz CT molecular complexity index is 678. The van der Waals surface area contributed by atoms with E-state index in [1.165, 1.54) is 17.9 Å². The third kappa shape index (κ3) is 1.79. The number of hydrogen-bond acceptors (Lipinski definition) is 7. The first-order chi connectivity index (χ1) is 9.11. The molecule has 1 saturated heterocycles. The molecular formula is C10H13N5O4. The number of ether oxygens (including phenoxy) is 2. The van der Waals surface area contributed by atoms with E-state index in [0.29, 0.717) is 5.65 Å². The summed E-state index contributed by atoms with van der Waals surface area (Å²) in [6, 6.07) is 0. The summed E-state index contributed by atoms with van der Waals surface area (Å²) in [6.07, 6.45) is 0.291. The number of rotatable bonds is 2. The summed E-state index contributed by atoms with van der Waals surface area (Å²) < 4.78 is 13.4. The maximum Gasteiger partial charge on any atom is 0.282 e. The number of imidazole rings is 1. The average molecular weight is 267 g/mol. The lowest BCUT2D eigenvalue weighted by Crippen LogP contribution is -2.22. The molecule has 9 nitrogen and oxygen atoms in total. The van der Waals surface area contributed by atoms with Gasteiger partial charge >= 0.3 is 0 Å². The summed E-state index contributed by atoms with van der Waals surface area (Å²) in [5.74, 6) is 0.0943. The Morgan fingerprint density at radius 2 is 2.42 bits per heavy atom.